The van der Waals surface area contributed by atoms with E-state index in [0.29, 0.717) is 18.2 Å². The van der Waals surface area contributed by atoms with Gasteiger partial charge in [-0.2, -0.15) is 0 Å². The lowest BCUT2D eigenvalue weighted by Crippen LogP contribution is -2.12. The van der Waals surface area contributed by atoms with Crippen molar-refractivity contribution in [2.45, 2.75) is 45.8 Å². The van der Waals surface area contributed by atoms with Crippen LogP contribution in [0.5, 0.6) is 0 Å². The number of esters is 1. The van der Waals surface area contributed by atoms with Crippen LogP contribution in [0.2, 0.25) is 5.02 Å². The molecule has 0 fully saturated rings. The van der Waals surface area contributed by atoms with Crippen LogP contribution in [0, 0.1) is 6.92 Å². The van der Waals surface area contributed by atoms with Crippen LogP contribution in [-0.4, -0.2) is 17.6 Å². The van der Waals surface area contributed by atoms with Crippen molar-refractivity contribution < 1.29 is 14.3 Å². The van der Waals surface area contributed by atoms with Crippen molar-refractivity contribution in [2.24, 2.45) is 0 Å². The fourth-order valence-corrected chi connectivity index (χ4v) is 3.17. The summed E-state index contributed by atoms with van der Waals surface area (Å²) in [5.74, 6) is -0.207. The molecule has 1 atom stereocenters. The van der Waals surface area contributed by atoms with E-state index in [1.165, 1.54) is 0 Å². The predicted molar refractivity (Wildman–Crippen MR) is 96.6 cm³/mol. The maximum absolute atomic E-state index is 12.1. The van der Waals surface area contributed by atoms with Crippen LogP contribution in [0.15, 0.2) is 30.5 Å². The van der Waals surface area contributed by atoms with Crippen LogP contribution < -0.4 is 0 Å². The largest absolute Gasteiger partial charge is 0.465 e. The summed E-state index contributed by atoms with van der Waals surface area (Å²) < 4.78 is 11.3. The number of fused-ring (bicyclic) bond motifs is 1. The van der Waals surface area contributed by atoms with Gasteiger partial charge in [0.25, 0.3) is 0 Å². The van der Waals surface area contributed by atoms with E-state index < -0.39 is 0 Å². The first kappa shape index (κ1) is 17.9. The van der Waals surface area contributed by atoms with E-state index in [4.69, 9.17) is 21.1 Å². The van der Waals surface area contributed by atoms with Crippen LogP contribution in [0.1, 0.15) is 53.8 Å². The Balaban J connectivity index is 1.83. The molecule has 3 rings (SSSR count). The van der Waals surface area contributed by atoms with E-state index in [1.54, 1.807) is 0 Å². The number of pyridine rings is 1. The van der Waals surface area contributed by atoms with Gasteiger partial charge in [0.2, 0.25) is 0 Å². The third-order valence-corrected chi connectivity index (χ3v) is 4.73. The fourth-order valence-electron chi connectivity index (χ4n) is 3.04. The number of hydrogen-bond acceptors (Lipinski definition) is 4. The van der Waals surface area contributed by atoms with Crippen LogP contribution in [0.25, 0.3) is 0 Å². The molecule has 1 aromatic carbocycles. The molecule has 4 nitrogen and oxygen atoms in total. The first-order valence-electron chi connectivity index (χ1n) is 8.60. The Morgan fingerprint density at radius 1 is 1.36 bits per heavy atom. The highest BCUT2D eigenvalue weighted by molar-refractivity contribution is 6.30. The molecule has 0 saturated carbocycles. The highest BCUT2D eigenvalue weighted by atomic mass is 35.5. The standard InChI is InChI=1S/C20H22ClNO3/c1-3-4-9-24-19(23)10-16-13(2)22-11-17-18(16)12-25-20(17)14-5-7-15(21)8-6-14/h5-8,11,20H,3-4,9-10,12H2,1-2H3. The minimum Gasteiger partial charge on any atom is -0.465 e. The molecular formula is C20H22ClNO3. The monoisotopic (exact) mass is 359 g/mol. The molecule has 1 aliphatic heterocycles. The zero-order chi connectivity index (χ0) is 17.8. The quantitative estimate of drug-likeness (QED) is 0.560. The molecule has 0 saturated heterocycles. The van der Waals surface area contributed by atoms with Gasteiger partial charge in [-0.15, -0.1) is 0 Å². The van der Waals surface area contributed by atoms with Gasteiger partial charge in [-0.25, -0.2) is 0 Å². The molecule has 1 aromatic heterocycles. The van der Waals surface area contributed by atoms with Crippen molar-refractivity contribution in [1.82, 2.24) is 4.98 Å². The Morgan fingerprint density at radius 3 is 2.84 bits per heavy atom. The predicted octanol–water partition coefficient (Wildman–Crippen LogP) is 4.55. The average molecular weight is 360 g/mol. The summed E-state index contributed by atoms with van der Waals surface area (Å²) in [4.78, 5) is 16.6. The Morgan fingerprint density at radius 2 is 2.12 bits per heavy atom. The summed E-state index contributed by atoms with van der Waals surface area (Å²) in [6.07, 6.45) is 3.81. The van der Waals surface area contributed by atoms with E-state index in [2.05, 4.69) is 11.9 Å². The van der Waals surface area contributed by atoms with Crippen molar-refractivity contribution in [3.05, 3.63) is 63.4 Å². The molecule has 2 heterocycles. The summed E-state index contributed by atoms with van der Waals surface area (Å²) in [6, 6.07) is 7.62. The van der Waals surface area contributed by atoms with Crippen molar-refractivity contribution in [2.75, 3.05) is 6.61 Å². The number of ether oxygens (including phenoxy) is 2. The lowest BCUT2D eigenvalue weighted by Gasteiger charge is -2.13. The summed E-state index contributed by atoms with van der Waals surface area (Å²) in [7, 11) is 0. The maximum atomic E-state index is 12.1. The number of benzene rings is 1. The summed E-state index contributed by atoms with van der Waals surface area (Å²) >= 11 is 5.97. The molecule has 0 radical (unpaired) electrons. The fraction of sp³-hybridized carbons (Fsp3) is 0.400. The normalized spacial score (nSPS) is 15.9. The zero-order valence-corrected chi connectivity index (χ0v) is 15.3. The molecular weight excluding hydrogens is 338 g/mol. The van der Waals surface area contributed by atoms with E-state index in [-0.39, 0.29) is 18.5 Å². The number of aryl methyl sites for hydroxylation is 1. The van der Waals surface area contributed by atoms with E-state index in [1.807, 2.05) is 37.4 Å². The summed E-state index contributed by atoms with van der Waals surface area (Å²) in [5, 5.41) is 0.694. The number of rotatable bonds is 6. The lowest BCUT2D eigenvalue weighted by atomic mass is 9.95. The summed E-state index contributed by atoms with van der Waals surface area (Å²) in [6.45, 7) is 4.94. The third kappa shape index (κ3) is 4.02. The van der Waals surface area contributed by atoms with Gasteiger partial charge in [0.1, 0.15) is 6.10 Å². The molecule has 2 aromatic rings. The second kappa shape index (κ2) is 7.98. The van der Waals surface area contributed by atoms with Gasteiger partial charge in [0.05, 0.1) is 19.6 Å². The Hall–Kier alpha value is -1.91. The van der Waals surface area contributed by atoms with Gasteiger partial charge in [-0.3, -0.25) is 9.78 Å². The van der Waals surface area contributed by atoms with Crippen LogP contribution in [0.3, 0.4) is 0 Å². The Kier molecular flexibility index (Phi) is 5.71. The first-order valence-corrected chi connectivity index (χ1v) is 8.98. The number of aromatic nitrogens is 1. The van der Waals surface area contributed by atoms with Gasteiger partial charge in [-0.05, 0) is 42.2 Å². The van der Waals surface area contributed by atoms with Crippen molar-refractivity contribution in [3.63, 3.8) is 0 Å². The molecule has 132 valence electrons. The number of halogens is 1. The van der Waals surface area contributed by atoms with Gasteiger partial charge in [0, 0.05) is 22.5 Å². The number of carbonyl (C=O) groups excluding carboxylic acids is 1. The van der Waals surface area contributed by atoms with Crippen LogP contribution in [-0.2, 0) is 27.3 Å². The van der Waals surface area contributed by atoms with Crippen LogP contribution >= 0.6 is 11.6 Å². The minimum absolute atomic E-state index is 0.171. The molecule has 0 spiro atoms. The molecule has 1 aliphatic rings. The highest BCUT2D eigenvalue weighted by Crippen LogP contribution is 2.38. The average Bonchev–Trinajstić information content (AvgIpc) is 3.02. The zero-order valence-electron chi connectivity index (χ0n) is 14.5. The molecule has 25 heavy (non-hydrogen) atoms. The first-order chi connectivity index (χ1) is 12.1. The van der Waals surface area contributed by atoms with E-state index in [0.717, 1.165) is 40.8 Å². The van der Waals surface area contributed by atoms with Gasteiger partial charge < -0.3 is 9.47 Å². The van der Waals surface area contributed by atoms with E-state index >= 15 is 0 Å². The van der Waals surface area contributed by atoms with Gasteiger partial charge in [0.15, 0.2) is 0 Å². The van der Waals surface area contributed by atoms with Crippen molar-refractivity contribution >= 4 is 17.6 Å². The number of hydrogen-bond donors (Lipinski definition) is 0. The Bertz CT molecular complexity index is 758. The second-order valence-electron chi connectivity index (χ2n) is 6.25. The number of nitrogens with zero attached hydrogens (tertiary/aromatic N) is 1. The number of carbonyl (C=O) groups is 1. The van der Waals surface area contributed by atoms with Crippen LogP contribution in [0.4, 0.5) is 0 Å². The SMILES string of the molecule is CCCCOC(=O)Cc1c(C)ncc2c1COC2c1ccc(Cl)cc1. The van der Waals surface area contributed by atoms with Crippen molar-refractivity contribution in [3.8, 4) is 0 Å². The van der Waals surface area contributed by atoms with E-state index in [9.17, 15) is 4.79 Å². The topological polar surface area (TPSA) is 48.4 Å². The molecule has 0 bridgehead atoms. The van der Waals surface area contributed by atoms with Gasteiger partial charge >= 0.3 is 5.97 Å². The molecule has 5 heteroatoms. The third-order valence-electron chi connectivity index (χ3n) is 4.48. The number of unbranched alkanes of at least 4 members (excludes halogenated alkanes) is 1. The highest BCUT2D eigenvalue weighted by Gasteiger charge is 2.29. The smallest absolute Gasteiger partial charge is 0.310 e. The molecule has 0 amide bonds. The minimum atomic E-state index is -0.207. The lowest BCUT2D eigenvalue weighted by molar-refractivity contribution is -0.142. The molecule has 0 N–H and O–H groups in total. The summed E-state index contributed by atoms with van der Waals surface area (Å²) in [5.41, 5.74) is 4.89. The Labute approximate surface area is 153 Å². The maximum Gasteiger partial charge on any atom is 0.310 e. The molecule has 1 unspecified atom stereocenters. The van der Waals surface area contributed by atoms with Crippen molar-refractivity contribution in [1.29, 1.82) is 0 Å². The van der Waals surface area contributed by atoms with Gasteiger partial charge in [-0.1, -0.05) is 37.1 Å². The second-order valence-corrected chi connectivity index (χ2v) is 6.69. The molecule has 0 aliphatic carbocycles.